The highest BCUT2D eigenvalue weighted by molar-refractivity contribution is 5.05. The van der Waals surface area contributed by atoms with Gasteiger partial charge in [0.2, 0.25) is 0 Å². The normalized spacial score (nSPS) is 26.7. The molecule has 1 atom stereocenters. The van der Waals surface area contributed by atoms with E-state index < -0.39 is 0 Å². The summed E-state index contributed by atoms with van der Waals surface area (Å²) in [5.41, 5.74) is 0. The van der Waals surface area contributed by atoms with E-state index in [4.69, 9.17) is 0 Å². The van der Waals surface area contributed by atoms with Crippen LogP contribution in [0.3, 0.4) is 0 Å². The van der Waals surface area contributed by atoms with Crippen LogP contribution in [0.15, 0.2) is 0 Å². The molecule has 2 aliphatic rings. The first-order valence-corrected chi connectivity index (χ1v) is 6.19. The maximum atomic E-state index is 4.42. The number of rotatable bonds is 1. The summed E-state index contributed by atoms with van der Waals surface area (Å²) in [7, 11) is 2.19. The molecule has 0 bridgehead atoms. The second kappa shape index (κ2) is 4.14. The van der Waals surface area contributed by atoms with Gasteiger partial charge in [-0.25, -0.2) is 0 Å². The Labute approximate surface area is 95.8 Å². The van der Waals surface area contributed by atoms with Crippen LogP contribution < -0.4 is 5.32 Å². The minimum Gasteiger partial charge on any atom is -0.315 e. The van der Waals surface area contributed by atoms with E-state index in [2.05, 4.69) is 32.0 Å². The van der Waals surface area contributed by atoms with Crippen molar-refractivity contribution in [2.24, 2.45) is 0 Å². The highest BCUT2D eigenvalue weighted by atomic mass is 15.3. The van der Waals surface area contributed by atoms with Gasteiger partial charge in [0.25, 0.3) is 0 Å². The minimum atomic E-state index is 0.486. The summed E-state index contributed by atoms with van der Waals surface area (Å²) in [5, 5.41) is 12.2. The van der Waals surface area contributed by atoms with Crippen molar-refractivity contribution in [3.63, 3.8) is 0 Å². The summed E-state index contributed by atoms with van der Waals surface area (Å²) >= 11 is 0. The van der Waals surface area contributed by atoms with Gasteiger partial charge in [-0.2, -0.15) is 0 Å². The largest absolute Gasteiger partial charge is 0.315 e. The van der Waals surface area contributed by atoms with E-state index in [1.165, 1.54) is 25.2 Å². The zero-order valence-electron chi connectivity index (χ0n) is 9.82. The van der Waals surface area contributed by atoms with E-state index in [-0.39, 0.29) is 0 Å². The Morgan fingerprint density at radius 1 is 1.25 bits per heavy atom. The Kier molecular flexibility index (Phi) is 2.65. The number of fused-ring (bicyclic) bond motifs is 1. The third kappa shape index (κ3) is 1.64. The number of hydrogen-bond acceptors (Lipinski definition) is 4. The molecule has 88 valence electrons. The Bertz CT molecular complexity index is 372. The van der Waals surface area contributed by atoms with Gasteiger partial charge in [-0.3, -0.25) is 4.90 Å². The Balaban J connectivity index is 1.92. The monoisotopic (exact) mass is 221 g/mol. The summed E-state index contributed by atoms with van der Waals surface area (Å²) in [6.07, 6.45) is 3.51. The number of nitrogens with one attached hydrogen (secondary N) is 1. The molecule has 0 unspecified atom stereocenters. The number of likely N-dealkylation sites (tertiary alicyclic amines) is 1. The molecule has 16 heavy (non-hydrogen) atoms. The maximum Gasteiger partial charge on any atom is 0.150 e. The van der Waals surface area contributed by atoms with Gasteiger partial charge in [-0.15, -0.1) is 10.2 Å². The smallest absolute Gasteiger partial charge is 0.150 e. The van der Waals surface area contributed by atoms with Gasteiger partial charge in [-0.1, -0.05) is 0 Å². The average Bonchev–Trinajstić information content (AvgIpc) is 2.78. The molecular formula is C11H19N5. The van der Waals surface area contributed by atoms with Crippen LogP contribution in [0.4, 0.5) is 0 Å². The van der Waals surface area contributed by atoms with Crippen LogP contribution >= 0.6 is 0 Å². The number of hydrogen-bond donors (Lipinski definition) is 1. The highest BCUT2D eigenvalue weighted by Gasteiger charge is 2.28. The second-order valence-electron chi connectivity index (χ2n) is 4.76. The third-order valence-corrected chi connectivity index (χ3v) is 3.71. The lowest BCUT2D eigenvalue weighted by Crippen LogP contribution is -2.23. The summed E-state index contributed by atoms with van der Waals surface area (Å²) < 4.78 is 2.33. The first kappa shape index (κ1) is 10.2. The fraction of sp³-hybridized carbons (Fsp3) is 0.818. The van der Waals surface area contributed by atoms with Gasteiger partial charge < -0.3 is 9.88 Å². The van der Waals surface area contributed by atoms with E-state index in [0.29, 0.717) is 6.04 Å². The Hall–Kier alpha value is -0.940. The molecule has 0 spiro atoms. The molecule has 1 fully saturated rings. The lowest BCUT2D eigenvalue weighted by molar-refractivity contribution is 0.297. The average molecular weight is 221 g/mol. The fourth-order valence-corrected chi connectivity index (χ4v) is 2.78. The van der Waals surface area contributed by atoms with Crippen LogP contribution in [0.25, 0.3) is 0 Å². The molecule has 1 aromatic rings. The van der Waals surface area contributed by atoms with Crippen molar-refractivity contribution in [2.75, 3.05) is 26.7 Å². The lowest BCUT2D eigenvalue weighted by Gasteiger charge is -2.19. The molecule has 0 radical (unpaired) electrons. The molecule has 1 aromatic heterocycles. The predicted molar refractivity (Wildman–Crippen MR) is 61.2 cm³/mol. The van der Waals surface area contributed by atoms with Crippen LogP contribution in [0.2, 0.25) is 0 Å². The zero-order valence-corrected chi connectivity index (χ0v) is 9.82. The molecule has 1 N–H and O–H groups in total. The Morgan fingerprint density at radius 2 is 2.19 bits per heavy atom. The molecular weight excluding hydrogens is 202 g/mol. The standard InChI is InChI=1S/C11H19N5/c1-15-7-2-3-9(15)11-14-13-10-4-5-12-6-8-16(10)11/h9,12H,2-8H2,1H3/t9-/m1/s1. The molecule has 0 amide bonds. The molecule has 0 aliphatic carbocycles. The fourth-order valence-electron chi connectivity index (χ4n) is 2.78. The molecule has 3 heterocycles. The van der Waals surface area contributed by atoms with E-state index in [9.17, 15) is 0 Å². The van der Waals surface area contributed by atoms with Crippen molar-refractivity contribution in [3.8, 4) is 0 Å². The summed E-state index contributed by atoms with van der Waals surface area (Å²) in [5.74, 6) is 2.33. The van der Waals surface area contributed by atoms with E-state index in [1.54, 1.807) is 0 Å². The number of nitrogens with zero attached hydrogens (tertiary/aromatic N) is 4. The Morgan fingerprint density at radius 3 is 3.00 bits per heavy atom. The van der Waals surface area contributed by atoms with E-state index in [1.807, 2.05) is 0 Å². The molecule has 3 rings (SSSR count). The van der Waals surface area contributed by atoms with Crippen LogP contribution in [-0.2, 0) is 13.0 Å². The lowest BCUT2D eigenvalue weighted by atomic mass is 10.2. The van der Waals surface area contributed by atoms with Crippen molar-refractivity contribution in [1.82, 2.24) is 25.0 Å². The highest BCUT2D eigenvalue weighted by Crippen LogP contribution is 2.29. The number of aromatic nitrogens is 3. The first-order valence-electron chi connectivity index (χ1n) is 6.19. The van der Waals surface area contributed by atoms with Gasteiger partial charge in [0.05, 0.1) is 6.04 Å². The van der Waals surface area contributed by atoms with Crippen molar-refractivity contribution in [2.45, 2.75) is 31.8 Å². The topological polar surface area (TPSA) is 46.0 Å². The zero-order chi connectivity index (χ0) is 11.0. The summed E-state index contributed by atoms with van der Waals surface area (Å²) in [6, 6.07) is 0.486. The maximum absolute atomic E-state index is 4.42. The van der Waals surface area contributed by atoms with Crippen molar-refractivity contribution in [1.29, 1.82) is 0 Å². The molecule has 5 nitrogen and oxygen atoms in total. The molecule has 5 heteroatoms. The van der Waals surface area contributed by atoms with Gasteiger partial charge in [-0.05, 0) is 26.4 Å². The SMILES string of the molecule is CN1CCC[C@@H]1c1nnc2n1CCNCC2. The van der Waals surface area contributed by atoms with E-state index >= 15 is 0 Å². The van der Waals surface area contributed by atoms with E-state index in [0.717, 1.165) is 31.9 Å². The van der Waals surface area contributed by atoms with Crippen molar-refractivity contribution >= 4 is 0 Å². The molecule has 2 aliphatic heterocycles. The van der Waals surface area contributed by atoms with Crippen LogP contribution in [-0.4, -0.2) is 46.3 Å². The predicted octanol–water partition coefficient (Wildman–Crippen LogP) is 0.190. The van der Waals surface area contributed by atoms with Crippen molar-refractivity contribution in [3.05, 3.63) is 11.6 Å². The van der Waals surface area contributed by atoms with Crippen LogP contribution in [0.1, 0.15) is 30.5 Å². The molecule has 1 saturated heterocycles. The quantitative estimate of drug-likeness (QED) is 0.735. The van der Waals surface area contributed by atoms with Crippen molar-refractivity contribution < 1.29 is 0 Å². The first-order chi connectivity index (χ1) is 7.86. The summed E-state index contributed by atoms with van der Waals surface area (Å²) in [6.45, 7) is 4.26. The van der Waals surface area contributed by atoms with Gasteiger partial charge in [0.15, 0.2) is 0 Å². The van der Waals surface area contributed by atoms with Crippen LogP contribution in [0.5, 0.6) is 0 Å². The minimum absolute atomic E-state index is 0.486. The summed E-state index contributed by atoms with van der Waals surface area (Å²) in [4.78, 5) is 2.40. The van der Waals surface area contributed by atoms with Gasteiger partial charge in [0, 0.05) is 26.1 Å². The third-order valence-electron chi connectivity index (χ3n) is 3.71. The van der Waals surface area contributed by atoms with Crippen LogP contribution in [0, 0.1) is 0 Å². The van der Waals surface area contributed by atoms with Gasteiger partial charge >= 0.3 is 0 Å². The van der Waals surface area contributed by atoms with Gasteiger partial charge in [0.1, 0.15) is 11.6 Å². The molecule has 0 aromatic carbocycles. The molecule has 0 saturated carbocycles. The second-order valence-corrected chi connectivity index (χ2v) is 4.76.